The van der Waals surface area contributed by atoms with Gasteiger partial charge in [-0.15, -0.1) is 0 Å². The van der Waals surface area contributed by atoms with Crippen LogP contribution in [0.4, 0.5) is 0 Å². The van der Waals surface area contributed by atoms with Crippen molar-refractivity contribution in [2.24, 2.45) is 7.05 Å². The van der Waals surface area contributed by atoms with E-state index >= 15 is 0 Å². The molecule has 0 amide bonds. The van der Waals surface area contributed by atoms with Gasteiger partial charge >= 0.3 is 5.65 Å². The second kappa shape index (κ2) is 3.53. The lowest BCUT2D eigenvalue weighted by molar-refractivity contribution is -0.641. The lowest BCUT2D eigenvalue weighted by atomic mass is 10.5. The number of halogens is 2. The lowest BCUT2D eigenvalue weighted by Crippen LogP contribution is -3.00. The smallest absolute Gasteiger partial charge is 0.331 e. The van der Waals surface area contributed by atoms with Gasteiger partial charge in [-0.05, 0) is 16.3 Å². The van der Waals surface area contributed by atoms with E-state index in [2.05, 4.69) is 10.2 Å². The van der Waals surface area contributed by atoms with Crippen molar-refractivity contribution in [1.82, 2.24) is 14.8 Å². The SMILES string of the molecule is Cn1cn[n+]2nc(Cl)ccc12.[I-]. The maximum absolute atomic E-state index is 5.65. The van der Waals surface area contributed by atoms with Crippen molar-refractivity contribution in [2.45, 2.75) is 0 Å². The first kappa shape index (κ1) is 9.66. The Hall–Kier alpha value is -0.430. The quantitative estimate of drug-likeness (QED) is 0.389. The summed E-state index contributed by atoms with van der Waals surface area (Å²) < 4.78 is 3.35. The largest absolute Gasteiger partial charge is 1.00 e. The zero-order chi connectivity index (χ0) is 7.84. The Morgan fingerprint density at radius 1 is 1.50 bits per heavy atom. The Bertz CT molecular complexity index is 399. The van der Waals surface area contributed by atoms with E-state index in [9.17, 15) is 0 Å². The minimum absolute atomic E-state index is 0. The molecule has 0 fully saturated rings. The van der Waals surface area contributed by atoms with Crippen molar-refractivity contribution >= 4 is 17.2 Å². The first-order valence-electron chi connectivity index (χ1n) is 3.13. The molecule has 0 aromatic carbocycles. The molecule has 0 spiro atoms. The molecule has 2 aromatic heterocycles. The minimum atomic E-state index is 0. The molecule has 2 aromatic rings. The standard InChI is InChI=1S/C6H6ClN4.HI/c1-10-4-8-11-6(10)3-2-5(7)9-11;/h2-4H,1H3;1H/q+1;/p-1. The van der Waals surface area contributed by atoms with Gasteiger partial charge in [0.1, 0.15) is 0 Å². The van der Waals surface area contributed by atoms with Gasteiger partial charge in [-0.2, -0.15) is 0 Å². The van der Waals surface area contributed by atoms with Crippen LogP contribution < -0.4 is 28.6 Å². The Morgan fingerprint density at radius 3 is 3.00 bits per heavy atom. The van der Waals surface area contributed by atoms with E-state index < -0.39 is 0 Å². The molecule has 0 bridgehead atoms. The van der Waals surface area contributed by atoms with Crippen LogP contribution in [0, 0.1) is 0 Å². The van der Waals surface area contributed by atoms with Crippen molar-refractivity contribution in [3.63, 3.8) is 0 Å². The monoisotopic (exact) mass is 296 g/mol. The molecule has 12 heavy (non-hydrogen) atoms. The van der Waals surface area contributed by atoms with Crippen molar-refractivity contribution in [3.05, 3.63) is 23.6 Å². The molecule has 4 nitrogen and oxygen atoms in total. The third-order valence-electron chi connectivity index (χ3n) is 1.46. The maximum atomic E-state index is 5.65. The van der Waals surface area contributed by atoms with Gasteiger partial charge in [0.15, 0.2) is 5.15 Å². The predicted octanol–water partition coefficient (Wildman–Crippen LogP) is -2.79. The molecule has 0 aliphatic carbocycles. The molecule has 6 heteroatoms. The van der Waals surface area contributed by atoms with Crippen LogP contribution in [0.1, 0.15) is 0 Å². The third-order valence-corrected chi connectivity index (χ3v) is 1.66. The van der Waals surface area contributed by atoms with Gasteiger partial charge in [0.25, 0.3) is 0 Å². The highest BCUT2D eigenvalue weighted by Crippen LogP contribution is 2.00. The number of nitrogens with zero attached hydrogens (tertiary/aromatic N) is 4. The Balaban J connectivity index is 0.000000720. The molecule has 0 N–H and O–H groups in total. The molecule has 64 valence electrons. The van der Waals surface area contributed by atoms with Crippen LogP contribution in [0.25, 0.3) is 5.65 Å². The fraction of sp³-hybridized carbons (Fsp3) is 0.167. The van der Waals surface area contributed by atoms with E-state index in [0.29, 0.717) is 5.15 Å². The average Bonchev–Trinajstić information content (AvgIpc) is 2.32. The van der Waals surface area contributed by atoms with E-state index in [4.69, 9.17) is 11.6 Å². The molecule has 2 rings (SSSR count). The van der Waals surface area contributed by atoms with Crippen LogP contribution in [0.15, 0.2) is 18.5 Å². The van der Waals surface area contributed by atoms with E-state index in [0.717, 1.165) is 5.65 Å². The van der Waals surface area contributed by atoms with Gasteiger partial charge < -0.3 is 24.0 Å². The number of aryl methyl sites for hydroxylation is 1. The first-order valence-corrected chi connectivity index (χ1v) is 3.51. The second-order valence-corrected chi connectivity index (χ2v) is 2.63. The predicted molar refractivity (Wildman–Crippen MR) is 39.2 cm³/mol. The highest BCUT2D eigenvalue weighted by atomic mass is 127. The van der Waals surface area contributed by atoms with Crippen LogP contribution >= 0.6 is 11.6 Å². The molecular weight excluding hydrogens is 290 g/mol. The summed E-state index contributed by atoms with van der Waals surface area (Å²) in [6, 6.07) is 3.60. The number of fused-ring (bicyclic) bond motifs is 1. The maximum Gasteiger partial charge on any atom is 0.331 e. The molecule has 0 atom stereocenters. The Kier molecular flexibility index (Phi) is 2.84. The number of hydrogen-bond acceptors (Lipinski definition) is 2. The molecule has 2 heterocycles. The van der Waals surface area contributed by atoms with Crippen LogP contribution in [0.5, 0.6) is 0 Å². The van der Waals surface area contributed by atoms with Crippen molar-refractivity contribution in [2.75, 3.05) is 0 Å². The molecular formula is C6H6ClIN4. The molecule has 0 saturated carbocycles. The van der Waals surface area contributed by atoms with Crippen LogP contribution in [-0.2, 0) is 7.05 Å². The van der Waals surface area contributed by atoms with Crippen molar-refractivity contribution < 1.29 is 28.6 Å². The van der Waals surface area contributed by atoms with Gasteiger partial charge in [0.05, 0.1) is 7.05 Å². The summed E-state index contributed by atoms with van der Waals surface area (Å²) in [4.78, 5) is 0. The Morgan fingerprint density at radius 2 is 2.25 bits per heavy atom. The highest BCUT2D eigenvalue weighted by Gasteiger charge is 2.07. The zero-order valence-electron chi connectivity index (χ0n) is 6.28. The highest BCUT2D eigenvalue weighted by molar-refractivity contribution is 6.29. The number of rotatable bonds is 0. The normalized spacial score (nSPS) is 9.83. The molecule has 0 radical (unpaired) electrons. The first-order chi connectivity index (χ1) is 5.27. The average molecular weight is 296 g/mol. The number of hydrogen-bond donors (Lipinski definition) is 0. The minimum Gasteiger partial charge on any atom is -1.00 e. The lowest BCUT2D eigenvalue weighted by Gasteiger charge is -1.83. The fourth-order valence-electron chi connectivity index (χ4n) is 0.914. The summed E-state index contributed by atoms with van der Waals surface area (Å²) in [5.74, 6) is 0. The summed E-state index contributed by atoms with van der Waals surface area (Å²) in [5, 5.41) is 8.36. The summed E-state index contributed by atoms with van der Waals surface area (Å²) >= 11 is 5.65. The summed E-state index contributed by atoms with van der Waals surface area (Å²) in [6.45, 7) is 0. The van der Waals surface area contributed by atoms with Crippen LogP contribution in [0.3, 0.4) is 0 Å². The number of aromatic nitrogens is 4. The molecule has 0 aliphatic rings. The fourth-order valence-corrected chi connectivity index (χ4v) is 1.05. The van der Waals surface area contributed by atoms with E-state index in [1.807, 2.05) is 17.7 Å². The Labute approximate surface area is 91.2 Å². The zero-order valence-corrected chi connectivity index (χ0v) is 9.19. The summed E-state index contributed by atoms with van der Waals surface area (Å²) in [5.41, 5.74) is 0.911. The van der Waals surface area contributed by atoms with Crippen molar-refractivity contribution in [3.8, 4) is 0 Å². The molecule has 0 unspecified atom stereocenters. The molecule has 0 aliphatic heterocycles. The van der Waals surface area contributed by atoms with E-state index in [-0.39, 0.29) is 24.0 Å². The molecule has 0 saturated heterocycles. The van der Waals surface area contributed by atoms with Crippen molar-refractivity contribution in [1.29, 1.82) is 0 Å². The van der Waals surface area contributed by atoms with Gasteiger partial charge in [0.2, 0.25) is 6.33 Å². The van der Waals surface area contributed by atoms with Crippen LogP contribution in [0.2, 0.25) is 5.15 Å². The van der Waals surface area contributed by atoms with Gasteiger partial charge in [-0.3, -0.25) is 0 Å². The topological polar surface area (TPSA) is 34.8 Å². The summed E-state index contributed by atoms with van der Waals surface area (Å²) in [7, 11) is 1.90. The van der Waals surface area contributed by atoms with Crippen LogP contribution in [-0.4, -0.2) is 14.8 Å². The third kappa shape index (κ3) is 1.51. The summed E-state index contributed by atoms with van der Waals surface area (Å²) in [6.07, 6.45) is 1.68. The van der Waals surface area contributed by atoms with Gasteiger partial charge in [-0.1, -0.05) is 11.6 Å². The van der Waals surface area contributed by atoms with Gasteiger partial charge in [-0.25, -0.2) is 4.57 Å². The van der Waals surface area contributed by atoms with Gasteiger partial charge in [0, 0.05) is 10.7 Å². The van der Waals surface area contributed by atoms with E-state index in [1.165, 1.54) is 4.63 Å². The second-order valence-electron chi connectivity index (χ2n) is 2.25. The van der Waals surface area contributed by atoms with E-state index in [1.54, 1.807) is 12.4 Å².